The van der Waals surface area contributed by atoms with Crippen LogP contribution in [0.4, 0.5) is 8.78 Å². The molecule has 1 heterocycles. The van der Waals surface area contributed by atoms with E-state index in [1.807, 2.05) is 0 Å². The maximum Gasteiger partial charge on any atom is 0.262 e. The van der Waals surface area contributed by atoms with Gasteiger partial charge >= 0.3 is 0 Å². The van der Waals surface area contributed by atoms with Crippen LogP contribution in [0.2, 0.25) is 0 Å². The molecule has 0 fully saturated rings. The van der Waals surface area contributed by atoms with Gasteiger partial charge in [-0.2, -0.15) is 0 Å². The highest BCUT2D eigenvalue weighted by Gasteiger charge is 2.35. The Morgan fingerprint density at radius 2 is 1.62 bits per heavy atom. The van der Waals surface area contributed by atoms with E-state index in [1.165, 1.54) is 24.3 Å². The van der Waals surface area contributed by atoms with Crippen molar-refractivity contribution >= 4 is 11.8 Å². The van der Waals surface area contributed by atoms with Gasteiger partial charge in [-0.3, -0.25) is 14.5 Å². The molecule has 3 rings (SSSR count). The van der Waals surface area contributed by atoms with Crippen LogP contribution in [-0.2, 0) is 6.54 Å². The van der Waals surface area contributed by atoms with E-state index in [9.17, 15) is 23.5 Å². The van der Waals surface area contributed by atoms with E-state index in [4.69, 9.17) is 0 Å². The number of imide groups is 1. The Labute approximate surface area is 118 Å². The zero-order valence-corrected chi connectivity index (χ0v) is 10.6. The summed E-state index contributed by atoms with van der Waals surface area (Å²) in [5.41, 5.74) is 0.579. The van der Waals surface area contributed by atoms with Crippen molar-refractivity contribution in [2.75, 3.05) is 0 Å². The molecule has 1 aliphatic rings. The van der Waals surface area contributed by atoms with E-state index in [1.54, 1.807) is 0 Å². The third kappa shape index (κ3) is 2.14. The van der Waals surface area contributed by atoms with Crippen LogP contribution in [0.5, 0.6) is 5.75 Å². The average Bonchev–Trinajstić information content (AvgIpc) is 2.68. The zero-order valence-electron chi connectivity index (χ0n) is 10.6. The lowest BCUT2D eigenvalue weighted by atomic mass is 10.1. The van der Waals surface area contributed by atoms with Gasteiger partial charge in [0.05, 0.1) is 17.7 Å². The first-order valence-corrected chi connectivity index (χ1v) is 6.10. The SMILES string of the molecule is O=C1c2ccc(O)cc2C(=O)N1Cc1ccc(F)c(F)c1. The minimum Gasteiger partial charge on any atom is -0.508 e. The van der Waals surface area contributed by atoms with Gasteiger partial charge in [0.2, 0.25) is 0 Å². The summed E-state index contributed by atoms with van der Waals surface area (Å²) in [4.78, 5) is 25.2. The van der Waals surface area contributed by atoms with Crippen LogP contribution in [0.15, 0.2) is 36.4 Å². The summed E-state index contributed by atoms with van der Waals surface area (Å²) in [5.74, 6) is -3.26. The van der Waals surface area contributed by atoms with Crippen LogP contribution in [0.1, 0.15) is 26.3 Å². The number of aromatic hydroxyl groups is 1. The lowest BCUT2D eigenvalue weighted by molar-refractivity contribution is 0.0642. The smallest absolute Gasteiger partial charge is 0.262 e. The quantitative estimate of drug-likeness (QED) is 0.864. The largest absolute Gasteiger partial charge is 0.508 e. The highest BCUT2D eigenvalue weighted by Crippen LogP contribution is 2.27. The summed E-state index contributed by atoms with van der Waals surface area (Å²) in [6.45, 7) is -0.162. The number of halogens is 2. The van der Waals surface area contributed by atoms with Crippen LogP contribution in [-0.4, -0.2) is 21.8 Å². The number of hydrogen-bond acceptors (Lipinski definition) is 3. The molecule has 6 heteroatoms. The molecule has 2 aromatic carbocycles. The number of carbonyl (C=O) groups excluding carboxylic acids is 2. The second-order valence-corrected chi connectivity index (χ2v) is 4.67. The summed E-state index contributed by atoms with van der Waals surface area (Å²) in [5, 5.41) is 9.37. The lowest BCUT2D eigenvalue weighted by Gasteiger charge is -2.13. The maximum atomic E-state index is 13.2. The van der Waals surface area contributed by atoms with Crippen LogP contribution in [0.3, 0.4) is 0 Å². The van der Waals surface area contributed by atoms with Gasteiger partial charge in [-0.05, 0) is 35.9 Å². The van der Waals surface area contributed by atoms with Gasteiger partial charge in [-0.1, -0.05) is 6.07 Å². The van der Waals surface area contributed by atoms with Crippen molar-refractivity contribution in [2.24, 2.45) is 0 Å². The summed E-state index contributed by atoms with van der Waals surface area (Å²) >= 11 is 0. The molecule has 0 unspecified atom stereocenters. The fourth-order valence-electron chi connectivity index (χ4n) is 2.24. The molecule has 21 heavy (non-hydrogen) atoms. The van der Waals surface area contributed by atoms with Gasteiger partial charge in [-0.25, -0.2) is 8.78 Å². The second kappa shape index (κ2) is 4.66. The van der Waals surface area contributed by atoms with Crippen LogP contribution in [0.25, 0.3) is 0 Å². The standard InChI is InChI=1S/C15H9F2NO3/c16-12-4-1-8(5-13(12)17)7-18-14(20)10-3-2-9(19)6-11(10)15(18)21/h1-6,19H,7H2. The first-order valence-electron chi connectivity index (χ1n) is 6.10. The van der Waals surface area contributed by atoms with Gasteiger partial charge in [0, 0.05) is 0 Å². The number of phenols is 1. The molecule has 0 bridgehead atoms. The Bertz CT molecular complexity index is 774. The van der Waals surface area contributed by atoms with E-state index in [-0.39, 0.29) is 23.4 Å². The molecule has 1 aliphatic heterocycles. The third-order valence-electron chi connectivity index (χ3n) is 3.28. The summed E-state index contributed by atoms with van der Waals surface area (Å²) in [6.07, 6.45) is 0. The van der Waals surface area contributed by atoms with Crippen molar-refractivity contribution in [3.05, 3.63) is 64.7 Å². The van der Waals surface area contributed by atoms with Crippen LogP contribution < -0.4 is 0 Å². The van der Waals surface area contributed by atoms with Crippen molar-refractivity contribution in [1.29, 1.82) is 0 Å². The van der Waals surface area contributed by atoms with E-state index in [0.29, 0.717) is 5.56 Å². The molecule has 0 radical (unpaired) electrons. The minimum absolute atomic E-state index is 0.0996. The van der Waals surface area contributed by atoms with Crippen molar-refractivity contribution < 1.29 is 23.5 Å². The number of hydrogen-bond donors (Lipinski definition) is 1. The van der Waals surface area contributed by atoms with E-state index in [2.05, 4.69) is 0 Å². The Balaban J connectivity index is 1.93. The zero-order chi connectivity index (χ0) is 15.1. The molecule has 0 atom stereocenters. The molecule has 0 aliphatic carbocycles. The molecule has 4 nitrogen and oxygen atoms in total. The predicted octanol–water partition coefficient (Wildman–Crippen LogP) is 2.47. The Hall–Kier alpha value is -2.76. The molecule has 2 aromatic rings. The Morgan fingerprint density at radius 3 is 2.33 bits per heavy atom. The maximum absolute atomic E-state index is 13.2. The normalized spacial score (nSPS) is 13.7. The Morgan fingerprint density at radius 1 is 0.905 bits per heavy atom. The Kier molecular flexibility index (Phi) is 2.94. The number of phenolic OH excluding ortho intramolecular Hbond substituents is 1. The first kappa shape index (κ1) is 13.2. The summed E-state index contributed by atoms with van der Waals surface area (Å²) in [7, 11) is 0. The fraction of sp³-hybridized carbons (Fsp3) is 0.0667. The number of benzene rings is 2. The number of amides is 2. The number of carbonyl (C=O) groups is 2. The van der Waals surface area contributed by atoms with Crippen molar-refractivity contribution in [3.8, 4) is 5.75 Å². The highest BCUT2D eigenvalue weighted by atomic mass is 19.2. The van der Waals surface area contributed by atoms with Crippen LogP contribution >= 0.6 is 0 Å². The molecule has 0 saturated carbocycles. The van der Waals surface area contributed by atoms with Gasteiger partial charge in [0.1, 0.15) is 5.75 Å². The van der Waals surface area contributed by atoms with Crippen LogP contribution in [0, 0.1) is 11.6 Å². The lowest BCUT2D eigenvalue weighted by Crippen LogP contribution is -2.29. The molecular weight excluding hydrogens is 280 g/mol. The molecular formula is C15H9F2NO3. The average molecular weight is 289 g/mol. The minimum atomic E-state index is -1.04. The molecule has 0 aromatic heterocycles. The van der Waals surface area contributed by atoms with Gasteiger partial charge < -0.3 is 5.11 Å². The van der Waals surface area contributed by atoms with Crippen molar-refractivity contribution in [3.63, 3.8) is 0 Å². The van der Waals surface area contributed by atoms with Gasteiger partial charge in [-0.15, -0.1) is 0 Å². The molecule has 0 spiro atoms. The number of rotatable bonds is 2. The van der Waals surface area contributed by atoms with E-state index < -0.39 is 23.4 Å². The number of nitrogens with zero attached hydrogens (tertiary/aromatic N) is 1. The summed E-state index contributed by atoms with van der Waals surface area (Å²) in [6, 6.07) is 7.06. The van der Waals surface area contributed by atoms with Crippen molar-refractivity contribution in [1.82, 2.24) is 4.90 Å². The predicted molar refractivity (Wildman–Crippen MR) is 68.7 cm³/mol. The van der Waals surface area contributed by atoms with E-state index in [0.717, 1.165) is 17.0 Å². The topological polar surface area (TPSA) is 57.6 Å². The first-order chi connectivity index (χ1) is 9.97. The molecule has 2 amide bonds. The number of fused-ring (bicyclic) bond motifs is 1. The molecule has 1 N–H and O–H groups in total. The monoisotopic (exact) mass is 289 g/mol. The molecule has 0 saturated heterocycles. The van der Waals surface area contributed by atoms with Gasteiger partial charge in [0.15, 0.2) is 11.6 Å². The van der Waals surface area contributed by atoms with Crippen molar-refractivity contribution in [2.45, 2.75) is 6.54 Å². The second-order valence-electron chi connectivity index (χ2n) is 4.67. The van der Waals surface area contributed by atoms with E-state index >= 15 is 0 Å². The molecule has 106 valence electrons. The summed E-state index contributed by atoms with van der Waals surface area (Å²) < 4.78 is 26.0. The van der Waals surface area contributed by atoms with Gasteiger partial charge in [0.25, 0.3) is 11.8 Å². The highest BCUT2D eigenvalue weighted by molar-refractivity contribution is 6.21. The third-order valence-corrected chi connectivity index (χ3v) is 3.28. The fourth-order valence-corrected chi connectivity index (χ4v) is 2.24.